The molecule has 120 valence electrons. The van der Waals surface area contributed by atoms with Crippen LogP contribution in [-0.2, 0) is 14.9 Å². The average Bonchev–Trinajstić information content (AvgIpc) is 2.46. The van der Waals surface area contributed by atoms with Crippen molar-refractivity contribution in [1.82, 2.24) is 9.03 Å². The molecule has 0 saturated carbocycles. The second-order valence-electron chi connectivity index (χ2n) is 5.30. The number of nitrogens with zero attached hydrogens (tertiary/aromatic N) is 1. The van der Waals surface area contributed by atoms with Gasteiger partial charge in [0.05, 0.1) is 0 Å². The van der Waals surface area contributed by atoms with Gasteiger partial charge in [-0.15, -0.1) is 0 Å². The Hall–Kier alpha value is -0.210. The Balaban J connectivity index is 2.15. The third-order valence-electron chi connectivity index (χ3n) is 3.64. The minimum Gasteiger partial charge on any atom is -0.381 e. The summed E-state index contributed by atoms with van der Waals surface area (Å²) in [5, 5.41) is 0. The normalized spacial score (nSPS) is 18.5. The summed E-state index contributed by atoms with van der Waals surface area (Å²) in [6.45, 7) is 5.72. The SMILES string of the molecule is CCCCOCCCNS(=O)(=O)N1CCC(CN)CC1. The maximum absolute atomic E-state index is 12.1. The molecular formula is C13H29N3O3S. The van der Waals surface area contributed by atoms with Crippen LogP contribution in [0.5, 0.6) is 0 Å². The Morgan fingerprint density at radius 1 is 1.25 bits per heavy atom. The zero-order valence-corrected chi connectivity index (χ0v) is 13.3. The van der Waals surface area contributed by atoms with Crippen LogP contribution in [0, 0.1) is 5.92 Å². The van der Waals surface area contributed by atoms with Gasteiger partial charge in [-0.2, -0.15) is 12.7 Å². The lowest BCUT2D eigenvalue weighted by Crippen LogP contribution is -2.46. The highest BCUT2D eigenvalue weighted by atomic mass is 32.2. The highest BCUT2D eigenvalue weighted by Crippen LogP contribution is 2.17. The standard InChI is InChI=1S/C13H29N3O3S/c1-2-3-10-19-11-4-7-15-20(17,18)16-8-5-13(12-14)6-9-16/h13,15H,2-12,14H2,1H3. The van der Waals surface area contributed by atoms with E-state index >= 15 is 0 Å². The fourth-order valence-electron chi connectivity index (χ4n) is 2.20. The predicted molar refractivity (Wildman–Crippen MR) is 80.6 cm³/mol. The molecule has 0 unspecified atom stereocenters. The van der Waals surface area contributed by atoms with E-state index in [0.29, 0.717) is 45.1 Å². The summed E-state index contributed by atoms with van der Waals surface area (Å²) in [5.74, 6) is 0.466. The quantitative estimate of drug-likeness (QED) is 0.582. The van der Waals surface area contributed by atoms with Gasteiger partial charge in [0.25, 0.3) is 10.2 Å². The number of unbranched alkanes of at least 4 members (excludes halogenated alkanes) is 1. The molecule has 0 spiro atoms. The molecular weight excluding hydrogens is 278 g/mol. The van der Waals surface area contributed by atoms with Gasteiger partial charge in [-0.25, -0.2) is 4.72 Å². The average molecular weight is 307 g/mol. The molecule has 1 saturated heterocycles. The van der Waals surface area contributed by atoms with E-state index in [1.165, 1.54) is 4.31 Å². The van der Waals surface area contributed by atoms with Gasteiger partial charge >= 0.3 is 0 Å². The summed E-state index contributed by atoms with van der Waals surface area (Å²) < 4.78 is 33.7. The Morgan fingerprint density at radius 2 is 1.90 bits per heavy atom. The minimum absolute atomic E-state index is 0.436. The van der Waals surface area contributed by atoms with Crippen LogP contribution < -0.4 is 10.5 Å². The lowest BCUT2D eigenvalue weighted by molar-refractivity contribution is 0.129. The molecule has 0 aromatic carbocycles. The smallest absolute Gasteiger partial charge is 0.279 e. The Labute approximate surface area is 123 Å². The second-order valence-corrected chi connectivity index (χ2v) is 7.05. The molecule has 1 rings (SSSR count). The highest BCUT2D eigenvalue weighted by molar-refractivity contribution is 7.87. The van der Waals surface area contributed by atoms with Crippen LogP contribution in [0.4, 0.5) is 0 Å². The fraction of sp³-hybridized carbons (Fsp3) is 1.00. The number of piperidine rings is 1. The van der Waals surface area contributed by atoms with Gasteiger partial charge in [0.2, 0.25) is 0 Å². The van der Waals surface area contributed by atoms with Gasteiger partial charge < -0.3 is 10.5 Å². The van der Waals surface area contributed by atoms with Crippen LogP contribution in [0.3, 0.4) is 0 Å². The molecule has 1 aliphatic rings. The zero-order valence-electron chi connectivity index (χ0n) is 12.5. The van der Waals surface area contributed by atoms with Crippen molar-refractivity contribution in [2.45, 2.75) is 39.0 Å². The fourth-order valence-corrected chi connectivity index (χ4v) is 3.48. The first kappa shape index (κ1) is 17.8. The summed E-state index contributed by atoms with van der Waals surface area (Å²) >= 11 is 0. The summed E-state index contributed by atoms with van der Waals surface area (Å²) in [4.78, 5) is 0. The second kappa shape index (κ2) is 9.68. The monoisotopic (exact) mass is 307 g/mol. The van der Waals surface area contributed by atoms with Crippen molar-refractivity contribution in [2.75, 3.05) is 39.4 Å². The largest absolute Gasteiger partial charge is 0.381 e. The van der Waals surface area contributed by atoms with Crippen molar-refractivity contribution >= 4 is 10.2 Å². The summed E-state index contributed by atoms with van der Waals surface area (Å²) in [5.41, 5.74) is 5.61. The van der Waals surface area contributed by atoms with E-state index in [4.69, 9.17) is 10.5 Å². The van der Waals surface area contributed by atoms with E-state index in [9.17, 15) is 8.42 Å². The van der Waals surface area contributed by atoms with Crippen LogP contribution in [0.15, 0.2) is 0 Å². The summed E-state index contributed by atoms with van der Waals surface area (Å²) in [6, 6.07) is 0. The topological polar surface area (TPSA) is 84.7 Å². The number of nitrogens with one attached hydrogen (secondary N) is 1. The van der Waals surface area contributed by atoms with Crippen molar-refractivity contribution in [2.24, 2.45) is 11.7 Å². The molecule has 7 heteroatoms. The lowest BCUT2D eigenvalue weighted by Gasteiger charge is -2.30. The van der Waals surface area contributed by atoms with E-state index in [1.54, 1.807) is 0 Å². The molecule has 0 aromatic rings. The predicted octanol–water partition coefficient (Wildman–Crippen LogP) is 0.698. The highest BCUT2D eigenvalue weighted by Gasteiger charge is 2.26. The molecule has 0 aromatic heterocycles. The van der Waals surface area contributed by atoms with Gasteiger partial charge in [0, 0.05) is 32.8 Å². The number of hydrogen-bond acceptors (Lipinski definition) is 4. The third kappa shape index (κ3) is 6.49. The molecule has 1 heterocycles. The molecule has 1 fully saturated rings. The van der Waals surface area contributed by atoms with Crippen LogP contribution in [0.1, 0.15) is 39.0 Å². The molecule has 0 atom stereocenters. The number of ether oxygens (including phenoxy) is 1. The number of rotatable bonds is 10. The Kier molecular flexibility index (Phi) is 8.63. The molecule has 0 aliphatic carbocycles. The van der Waals surface area contributed by atoms with Crippen molar-refractivity contribution in [3.8, 4) is 0 Å². The molecule has 6 nitrogen and oxygen atoms in total. The first-order valence-corrected chi connectivity index (χ1v) is 9.06. The van der Waals surface area contributed by atoms with Gasteiger partial charge in [0.1, 0.15) is 0 Å². The van der Waals surface area contributed by atoms with Crippen molar-refractivity contribution in [1.29, 1.82) is 0 Å². The molecule has 1 aliphatic heterocycles. The van der Waals surface area contributed by atoms with Gasteiger partial charge in [-0.05, 0) is 38.1 Å². The van der Waals surface area contributed by atoms with Crippen LogP contribution in [0.25, 0.3) is 0 Å². The molecule has 20 heavy (non-hydrogen) atoms. The van der Waals surface area contributed by atoms with Crippen LogP contribution >= 0.6 is 0 Å². The maximum atomic E-state index is 12.1. The third-order valence-corrected chi connectivity index (χ3v) is 5.25. The van der Waals surface area contributed by atoms with E-state index < -0.39 is 10.2 Å². The molecule has 3 N–H and O–H groups in total. The Morgan fingerprint density at radius 3 is 2.50 bits per heavy atom. The lowest BCUT2D eigenvalue weighted by atomic mass is 9.99. The van der Waals surface area contributed by atoms with Crippen molar-refractivity contribution in [3.63, 3.8) is 0 Å². The van der Waals surface area contributed by atoms with Crippen molar-refractivity contribution < 1.29 is 13.2 Å². The summed E-state index contributed by atoms with van der Waals surface area (Å²) in [7, 11) is -3.33. The minimum atomic E-state index is -3.33. The molecule has 0 amide bonds. The molecule has 0 radical (unpaired) electrons. The van der Waals surface area contributed by atoms with Gasteiger partial charge in [-0.1, -0.05) is 13.3 Å². The van der Waals surface area contributed by atoms with Crippen LogP contribution in [0.2, 0.25) is 0 Å². The van der Waals surface area contributed by atoms with E-state index in [2.05, 4.69) is 11.6 Å². The first-order valence-electron chi connectivity index (χ1n) is 7.62. The number of nitrogens with two attached hydrogens (primary N) is 1. The van der Waals surface area contributed by atoms with E-state index in [0.717, 1.165) is 32.3 Å². The van der Waals surface area contributed by atoms with Crippen molar-refractivity contribution in [3.05, 3.63) is 0 Å². The first-order chi connectivity index (χ1) is 9.60. The van der Waals surface area contributed by atoms with Crippen LogP contribution in [-0.4, -0.2) is 52.1 Å². The number of hydrogen-bond donors (Lipinski definition) is 2. The Bertz CT molecular complexity index is 341. The zero-order chi connectivity index (χ0) is 14.8. The maximum Gasteiger partial charge on any atom is 0.279 e. The molecule has 0 bridgehead atoms. The van der Waals surface area contributed by atoms with E-state index in [1.807, 2.05) is 0 Å². The van der Waals surface area contributed by atoms with Gasteiger partial charge in [-0.3, -0.25) is 0 Å². The van der Waals surface area contributed by atoms with E-state index in [-0.39, 0.29) is 0 Å². The van der Waals surface area contributed by atoms with Gasteiger partial charge in [0.15, 0.2) is 0 Å². The summed E-state index contributed by atoms with van der Waals surface area (Å²) in [6.07, 6.45) is 4.60.